The molecule has 0 rings (SSSR count). The van der Waals surface area contributed by atoms with Crippen LogP contribution in [0.3, 0.4) is 0 Å². The number of rotatable bonds is 31. The zero-order valence-corrected chi connectivity index (χ0v) is 31.0. The van der Waals surface area contributed by atoms with Crippen LogP contribution in [0.4, 0.5) is 0 Å². The second-order valence-corrected chi connectivity index (χ2v) is 12.2. The molecule has 0 heterocycles. The van der Waals surface area contributed by atoms with E-state index in [-0.39, 0.29) is 35.9 Å². The number of carbonyl (C=O) groups excluding carboxylic acids is 2. The average molecular weight is 669 g/mol. The van der Waals surface area contributed by atoms with Gasteiger partial charge in [0, 0.05) is 11.9 Å². The van der Waals surface area contributed by atoms with Crippen LogP contribution in [-0.4, -0.2) is 68.4 Å². The minimum atomic E-state index is -1.79. The fourth-order valence-electron chi connectivity index (χ4n) is 4.83. The summed E-state index contributed by atoms with van der Waals surface area (Å²) < 4.78 is 0. The second kappa shape index (κ2) is 43.6. The van der Waals surface area contributed by atoms with Gasteiger partial charge >= 0.3 is 35.0 Å². The maximum Gasteiger partial charge on any atom is 2.00 e. The van der Waals surface area contributed by atoms with E-state index in [4.69, 9.17) is 15.3 Å². The standard InChI is InChI=1S/2C16H32O2.C4H6O5.Mg/c2*1-2-3-4-5-6-7-8-9-10-11-12-13-14-15-16(17)18;5-2(4(8)9)1-3(6)7;/h2*2-15H2,1H3,(H,17,18);2,5H,1H2,(H,6,7)(H,8,9);/q;;;+2/p-2. The third kappa shape index (κ3) is 55.0. The van der Waals surface area contributed by atoms with Crippen molar-refractivity contribution >= 4 is 46.9 Å². The molecule has 0 aromatic heterocycles. The third-order valence-electron chi connectivity index (χ3n) is 7.62. The molecule has 0 fully saturated rings. The van der Waals surface area contributed by atoms with Crippen molar-refractivity contribution in [3.63, 3.8) is 0 Å². The Bertz CT molecular complexity index is 634. The van der Waals surface area contributed by atoms with E-state index < -0.39 is 36.4 Å². The smallest absolute Gasteiger partial charge is 0.550 e. The number of unbranched alkanes of at least 4 members (excludes halogenated alkanes) is 24. The number of hydrogen-bond acceptors (Lipinski definition) is 7. The molecule has 3 N–H and O–H groups in total. The van der Waals surface area contributed by atoms with Gasteiger partial charge in [-0.3, -0.25) is 4.79 Å². The van der Waals surface area contributed by atoms with Gasteiger partial charge in [0.05, 0.1) is 6.42 Å². The van der Waals surface area contributed by atoms with Crippen molar-refractivity contribution in [2.75, 3.05) is 0 Å². The largest absolute Gasteiger partial charge is 2.00 e. The maximum absolute atomic E-state index is 10.2. The fourth-order valence-corrected chi connectivity index (χ4v) is 4.83. The van der Waals surface area contributed by atoms with Crippen molar-refractivity contribution in [1.82, 2.24) is 0 Å². The summed E-state index contributed by atoms with van der Waals surface area (Å²) in [5, 5.41) is 44.5. The summed E-state index contributed by atoms with van der Waals surface area (Å²) in [4.78, 5) is 39.8. The number of carboxylic acids is 4. The molecule has 268 valence electrons. The van der Waals surface area contributed by atoms with Crippen LogP contribution in [0, 0.1) is 0 Å². The van der Waals surface area contributed by atoms with Crippen LogP contribution in [0.5, 0.6) is 0 Å². The first kappa shape index (κ1) is 51.4. The van der Waals surface area contributed by atoms with Gasteiger partial charge in [-0.25, -0.2) is 4.79 Å². The molecular weight excluding hydrogens is 601 g/mol. The summed E-state index contributed by atoms with van der Waals surface area (Å²) in [7, 11) is 0. The predicted octanol–water partition coefficient (Wildman–Crippen LogP) is 6.96. The Balaban J connectivity index is -0.000000300. The van der Waals surface area contributed by atoms with E-state index in [0.717, 1.165) is 25.7 Å². The minimum Gasteiger partial charge on any atom is -0.550 e. The number of carbonyl (C=O) groups is 4. The summed E-state index contributed by atoms with van der Waals surface area (Å²) >= 11 is 0. The van der Waals surface area contributed by atoms with Crippen molar-refractivity contribution in [3.8, 4) is 0 Å². The first-order valence-corrected chi connectivity index (χ1v) is 18.1. The van der Waals surface area contributed by atoms with Crippen molar-refractivity contribution in [2.24, 2.45) is 0 Å². The number of hydrogen-bond donors (Lipinski definition) is 3. The Morgan fingerprint density at radius 2 is 0.674 bits per heavy atom. The van der Waals surface area contributed by atoms with Gasteiger partial charge in [-0.1, -0.05) is 168 Å². The summed E-state index contributed by atoms with van der Waals surface area (Å²) in [6.45, 7) is 4.51. The van der Waals surface area contributed by atoms with E-state index in [9.17, 15) is 29.4 Å². The molecule has 0 radical (unpaired) electrons. The zero-order valence-electron chi connectivity index (χ0n) is 29.6. The Kier molecular flexibility index (Phi) is 48.8. The van der Waals surface area contributed by atoms with Crippen LogP contribution in [0.25, 0.3) is 0 Å². The molecule has 46 heavy (non-hydrogen) atoms. The van der Waals surface area contributed by atoms with Gasteiger partial charge in [0.2, 0.25) is 0 Å². The Labute approximate surface area is 296 Å². The molecule has 0 aliphatic carbocycles. The number of aliphatic carboxylic acids is 4. The summed E-state index contributed by atoms with van der Waals surface area (Å²) in [5.41, 5.74) is 0. The molecule has 9 nitrogen and oxygen atoms in total. The van der Waals surface area contributed by atoms with Crippen LogP contribution in [0.2, 0.25) is 0 Å². The minimum absolute atomic E-state index is 0. The van der Waals surface area contributed by atoms with Crippen LogP contribution < -0.4 is 10.2 Å². The third-order valence-corrected chi connectivity index (χ3v) is 7.62. The molecule has 0 saturated heterocycles. The molecular formula is C36H68MgO9. The van der Waals surface area contributed by atoms with E-state index in [0.29, 0.717) is 0 Å². The molecule has 0 aliphatic rings. The first-order chi connectivity index (χ1) is 21.6. The first-order valence-electron chi connectivity index (χ1n) is 18.1. The Hall–Kier alpha value is -1.39. The van der Waals surface area contributed by atoms with E-state index in [2.05, 4.69) is 13.8 Å². The molecule has 10 heteroatoms. The Morgan fingerprint density at radius 1 is 0.457 bits per heavy atom. The molecule has 0 saturated carbocycles. The molecule has 0 aromatic carbocycles. The molecule has 1 unspecified atom stereocenters. The average Bonchev–Trinajstić information content (AvgIpc) is 2.98. The monoisotopic (exact) mass is 668 g/mol. The fraction of sp³-hybridized carbons (Fsp3) is 0.889. The summed E-state index contributed by atoms with van der Waals surface area (Å²) in [6.07, 6.45) is 31.3. The molecule has 0 spiro atoms. The molecule has 1 atom stereocenters. The van der Waals surface area contributed by atoms with Gasteiger partial charge in [0.15, 0.2) is 6.10 Å². The zero-order chi connectivity index (χ0) is 34.4. The predicted molar refractivity (Wildman–Crippen MR) is 182 cm³/mol. The number of aliphatic hydroxyl groups excluding tert-OH is 1. The van der Waals surface area contributed by atoms with Gasteiger partial charge < -0.3 is 35.1 Å². The van der Waals surface area contributed by atoms with Gasteiger partial charge in [-0.2, -0.15) is 0 Å². The van der Waals surface area contributed by atoms with Crippen molar-refractivity contribution in [2.45, 2.75) is 206 Å². The van der Waals surface area contributed by atoms with E-state index in [1.165, 1.54) is 141 Å². The van der Waals surface area contributed by atoms with Gasteiger partial charge in [0.25, 0.3) is 0 Å². The summed E-state index contributed by atoms with van der Waals surface area (Å²) in [5.74, 6) is -4.65. The van der Waals surface area contributed by atoms with Crippen molar-refractivity contribution in [3.05, 3.63) is 0 Å². The second-order valence-electron chi connectivity index (χ2n) is 12.2. The SMILES string of the molecule is CCCCCCCCCCCCCCCC(=O)[O-].CCCCCCCCCCCCCCCC(=O)[O-].O=C(O)CC(O)C(=O)O.[Mg+2]. The van der Waals surface area contributed by atoms with Gasteiger partial charge in [0.1, 0.15) is 0 Å². The maximum atomic E-state index is 10.2. The van der Waals surface area contributed by atoms with Crippen molar-refractivity contribution in [1.29, 1.82) is 0 Å². The Morgan fingerprint density at radius 3 is 0.826 bits per heavy atom. The quantitative estimate of drug-likeness (QED) is 0.0521. The van der Waals surface area contributed by atoms with E-state index in [1.807, 2.05) is 0 Å². The van der Waals surface area contributed by atoms with Crippen LogP contribution in [0.1, 0.15) is 200 Å². The van der Waals surface area contributed by atoms with Crippen LogP contribution in [-0.2, 0) is 19.2 Å². The topological polar surface area (TPSA) is 175 Å². The van der Waals surface area contributed by atoms with Gasteiger partial charge in [-0.15, -0.1) is 0 Å². The van der Waals surface area contributed by atoms with Crippen molar-refractivity contribution < 1.29 is 44.7 Å². The van der Waals surface area contributed by atoms with Gasteiger partial charge in [-0.05, 0) is 25.7 Å². The summed E-state index contributed by atoms with van der Waals surface area (Å²) in [6, 6.07) is 0. The molecule has 0 bridgehead atoms. The van der Waals surface area contributed by atoms with Crippen LogP contribution in [0.15, 0.2) is 0 Å². The molecule has 0 amide bonds. The van der Waals surface area contributed by atoms with E-state index in [1.54, 1.807) is 0 Å². The number of carboxylic acid groups (broad SMARTS) is 4. The normalized spacial score (nSPS) is 10.8. The molecule has 0 aliphatic heterocycles. The number of aliphatic hydroxyl groups is 1. The van der Waals surface area contributed by atoms with Crippen LogP contribution >= 0.6 is 0 Å². The van der Waals surface area contributed by atoms with E-state index >= 15 is 0 Å². The molecule has 0 aromatic rings.